The van der Waals surface area contributed by atoms with Gasteiger partial charge < -0.3 is 10.6 Å². The molecular formula is C17H18ClN3. The van der Waals surface area contributed by atoms with Gasteiger partial charge in [0.2, 0.25) is 0 Å². The lowest BCUT2D eigenvalue weighted by molar-refractivity contribution is 0.766. The lowest BCUT2D eigenvalue weighted by atomic mass is 10.1. The topological polar surface area (TPSA) is 53.0 Å². The molecule has 0 saturated carbocycles. The molecule has 2 aromatic rings. The van der Waals surface area contributed by atoms with Crippen LogP contribution in [0.3, 0.4) is 0 Å². The zero-order chi connectivity index (χ0) is 15.2. The van der Waals surface area contributed by atoms with Crippen LogP contribution in [0, 0.1) is 11.3 Å². The maximum atomic E-state index is 9.31. The fourth-order valence-corrected chi connectivity index (χ4v) is 2.51. The second-order valence-corrected chi connectivity index (χ2v) is 5.38. The first-order valence-corrected chi connectivity index (χ1v) is 7.31. The lowest BCUT2D eigenvalue weighted by Gasteiger charge is -2.25. The van der Waals surface area contributed by atoms with E-state index in [-0.39, 0.29) is 0 Å². The molecule has 0 heterocycles. The molecule has 3 nitrogen and oxygen atoms in total. The van der Waals surface area contributed by atoms with E-state index in [1.54, 1.807) is 6.07 Å². The zero-order valence-electron chi connectivity index (χ0n) is 12.0. The Labute approximate surface area is 130 Å². The average Bonchev–Trinajstić information content (AvgIpc) is 2.47. The molecule has 0 aliphatic carbocycles. The van der Waals surface area contributed by atoms with Crippen LogP contribution in [0.15, 0.2) is 42.5 Å². The van der Waals surface area contributed by atoms with Gasteiger partial charge >= 0.3 is 0 Å². The first kappa shape index (κ1) is 15.2. The molecule has 0 aliphatic heterocycles. The normalized spacial score (nSPS) is 10.1. The number of halogens is 1. The van der Waals surface area contributed by atoms with Gasteiger partial charge in [0, 0.05) is 23.8 Å². The Balaban J connectivity index is 2.33. The van der Waals surface area contributed by atoms with Gasteiger partial charge in [0.05, 0.1) is 11.3 Å². The van der Waals surface area contributed by atoms with Crippen LogP contribution in [0.4, 0.5) is 11.4 Å². The molecular weight excluding hydrogens is 282 g/mol. The van der Waals surface area contributed by atoms with E-state index in [0.717, 1.165) is 36.4 Å². The second-order valence-electron chi connectivity index (χ2n) is 4.94. The van der Waals surface area contributed by atoms with Crippen molar-refractivity contribution in [3.63, 3.8) is 0 Å². The van der Waals surface area contributed by atoms with Crippen LogP contribution in [0.5, 0.6) is 0 Å². The molecule has 0 aliphatic rings. The number of benzene rings is 2. The van der Waals surface area contributed by atoms with Crippen molar-refractivity contribution in [3.05, 3.63) is 58.6 Å². The van der Waals surface area contributed by atoms with Gasteiger partial charge in [0.15, 0.2) is 0 Å². The van der Waals surface area contributed by atoms with Crippen molar-refractivity contribution in [2.75, 3.05) is 17.2 Å². The van der Waals surface area contributed by atoms with Crippen molar-refractivity contribution >= 4 is 23.0 Å². The summed E-state index contributed by atoms with van der Waals surface area (Å²) in [6.45, 7) is 3.70. The molecule has 0 unspecified atom stereocenters. The monoisotopic (exact) mass is 299 g/mol. The average molecular weight is 300 g/mol. The van der Waals surface area contributed by atoms with E-state index < -0.39 is 0 Å². The minimum absolute atomic E-state index is 0.579. The third-order valence-corrected chi connectivity index (χ3v) is 3.47. The largest absolute Gasteiger partial charge is 0.399 e. The van der Waals surface area contributed by atoms with E-state index in [4.69, 9.17) is 17.3 Å². The lowest BCUT2D eigenvalue weighted by Crippen LogP contribution is -2.24. The summed E-state index contributed by atoms with van der Waals surface area (Å²) in [5, 5.41) is 9.89. The van der Waals surface area contributed by atoms with E-state index in [1.807, 2.05) is 36.4 Å². The Hall–Kier alpha value is -2.18. The van der Waals surface area contributed by atoms with E-state index in [1.165, 1.54) is 0 Å². The summed E-state index contributed by atoms with van der Waals surface area (Å²) in [7, 11) is 0. The number of nitriles is 1. The van der Waals surface area contributed by atoms with Gasteiger partial charge in [-0.2, -0.15) is 5.26 Å². The van der Waals surface area contributed by atoms with Crippen molar-refractivity contribution in [2.24, 2.45) is 0 Å². The second kappa shape index (κ2) is 7.01. The predicted molar refractivity (Wildman–Crippen MR) is 88.4 cm³/mol. The van der Waals surface area contributed by atoms with Gasteiger partial charge in [-0.05, 0) is 42.3 Å². The van der Waals surface area contributed by atoms with Crippen molar-refractivity contribution in [1.29, 1.82) is 5.26 Å². The molecule has 2 aromatic carbocycles. The highest BCUT2D eigenvalue weighted by Crippen LogP contribution is 2.25. The molecule has 0 radical (unpaired) electrons. The maximum Gasteiger partial charge on any atom is 0.101 e. The van der Waals surface area contributed by atoms with Crippen LogP contribution in [0.1, 0.15) is 24.5 Å². The number of nitrogens with zero attached hydrogens (tertiary/aromatic N) is 2. The first-order valence-electron chi connectivity index (χ1n) is 6.93. The van der Waals surface area contributed by atoms with E-state index in [0.29, 0.717) is 10.6 Å². The van der Waals surface area contributed by atoms with Crippen molar-refractivity contribution in [2.45, 2.75) is 19.9 Å². The Morgan fingerprint density at radius 1 is 1.24 bits per heavy atom. The molecule has 108 valence electrons. The summed E-state index contributed by atoms with van der Waals surface area (Å²) in [5.74, 6) is 0. The predicted octanol–water partition coefficient (Wildman–Crippen LogP) is 4.21. The summed E-state index contributed by atoms with van der Waals surface area (Å²) < 4.78 is 0. The Morgan fingerprint density at radius 3 is 2.71 bits per heavy atom. The number of rotatable bonds is 5. The highest BCUT2D eigenvalue weighted by atomic mass is 35.5. The van der Waals surface area contributed by atoms with Gasteiger partial charge in [-0.25, -0.2) is 0 Å². The highest BCUT2D eigenvalue weighted by molar-refractivity contribution is 6.30. The molecule has 21 heavy (non-hydrogen) atoms. The van der Waals surface area contributed by atoms with E-state index >= 15 is 0 Å². The third kappa shape index (κ3) is 3.90. The van der Waals surface area contributed by atoms with Crippen LogP contribution in [0.25, 0.3) is 0 Å². The van der Waals surface area contributed by atoms with Crippen LogP contribution in [-0.2, 0) is 6.54 Å². The molecule has 0 spiro atoms. The molecule has 0 bridgehead atoms. The Morgan fingerprint density at radius 2 is 2.05 bits per heavy atom. The molecule has 0 aromatic heterocycles. The standard InChI is InChI=1S/C17H18ClN3/c1-2-8-21(12-13-4-3-5-16(20)9-13)17-7-6-15(18)10-14(17)11-19/h3-7,9-10H,2,8,12,20H2,1H3. The van der Waals surface area contributed by atoms with Crippen LogP contribution in [-0.4, -0.2) is 6.54 Å². The van der Waals surface area contributed by atoms with Crippen LogP contribution >= 0.6 is 11.6 Å². The molecule has 0 saturated heterocycles. The van der Waals surface area contributed by atoms with Gasteiger partial charge in [-0.1, -0.05) is 30.7 Å². The fraction of sp³-hybridized carbons (Fsp3) is 0.235. The maximum absolute atomic E-state index is 9.31. The van der Waals surface area contributed by atoms with E-state index in [9.17, 15) is 5.26 Å². The minimum Gasteiger partial charge on any atom is -0.399 e. The number of anilines is 2. The molecule has 4 heteroatoms. The molecule has 2 N–H and O–H groups in total. The van der Waals surface area contributed by atoms with Crippen molar-refractivity contribution in [3.8, 4) is 6.07 Å². The van der Waals surface area contributed by atoms with Crippen molar-refractivity contribution < 1.29 is 0 Å². The molecule has 0 atom stereocenters. The molecule has 0 fully saturated rings. The summed E-state index contributed by atoms with van der Waals surface area (Å²) in [4.78, 5) is 2.18. The van der Waals surface area contributed by atoms with Crippen molar-refractivity contribution in [1.82, 2.24) is 0 Å². The third-order valence-electron chi connectivity index (χ3n) is 3.24. The number of hydrogen-bond donors (Lipinski definition) is 1. The SMILES string of the molecule is CCCN(Cc1cccc(N)c1)c1ccc(Cl)cc1C#N. The minimum atomic E-state index is 0.579. The molecule has 2 rings (SSSR count). The Kier molecular flexibility index (Phi) is 5.08. The van der Waals surface area contributed by atoms with Gasteiger partial charge in [-0.3, -0.25) is 0 Å². The van der Waals surface area contributed by atoms with Crippen LogP contribution in [0.2, 0.25) is 5.02 Å². The number of hydrogen-bond acceptors (Lipinski definition) is 3. The summed E-state index contributed by atoms with van der Waals surface area (Å²) in [5.41, 5.74) is 9.22. The molecule has 0 amide bonds. The fourth-order valence-electron chi connectivity index (χ4n) is 2.34. The summed E-state index contributed by atoms with van der Waals surface area (Å²) >= 11 is 5.97. The Bertz CT molecular complexity index is 661. The smallest absolute Gasteiger partial charge is 0.101 e. The van der Waals surface area contributed by atoms with Gasteiger partial charge in [0.1, 0.15) is 6.07 Å². The highest BCUT2D eigenvalue weighted by Gasteiger charge is 2.12. The first-order chi connectivity index (χ1) is 10.1. The summed E-state index contributed by atoms with van der Waals surface area (Å²) in [6.07, 6.45) is 0.996. The number of nitrogens with two attached hydrogens (primary N) is 1. The van der Waals surface area contributed by atoms with E-state index in [2.05, 4.69) is 17.9 Å². The van der Waals surface area contributed by atoms with Crippen LogP contribution < -0.4 is 10.6 Å². The zero-order valence-corrected chi connectivity index (χ0v) is 12.8. The number of nitrogen functional groups attached to an aromatic ring is 1. The van der Waals surface area contributed by atoms with Gasteiger partial charge in [-0.15, -0.1) is 0 Å². The van der Waals surface area contributed by atoms with Gasteiger partial charge in [0.25, 0.3) is 0 Å². The quantitative estimate of drug-likeness (QED) is 0.841. The summed E-state index contributed by atoms with van der Waals surface area (Å²) in [6, 6.07) is 15.5.